The Balaban J connectivity index is 0.000000180. The summed E-state index contributed by atoms with van der Waals surface area (Å²) >= 11 is 5.63. The predicted molar refractivity (Wildman–Crippen MR) is 82.8 cm³/mol. The Bertz CT molecular complexity index is 443. The maximum Gasteiger partial charge on any atom is 0.0406 e. The quantitative estimate of drug-likeness (QED) is 0.654. The lowest BCUT2D eigenvalue weighted by Gasteiger charge is -1.91. The molecule has 0 spiro atoms. The molecule has 0 fully saturated rings. The predicted octanol–water partition coefficient (Wildman–Crippen LogP) is 5.62. The number of halogens is 1. The Kier molecular flexibility index (Phi) is 5.96. The van der Waals surface area contributed by atoms with Crippen molar-refractivity contribution in [2.45, 2.75) is 6.92 Å². The van der Waals surface area contributed by atoms with E-state index in [0.29, 0.717) is 0 Å². The van der Waals surface area contributed by atoms with Crippen LogP contribution < -0.4 is 0 Å². The zero-order valence-corrected chi connectivity index (χ0v) is 11.3. The van der Waals surface area contributed by atoms with Gasteiger partial charge in [-0.15, -0.1) is 0 Å². The summed E-state index contributed by atoms with van der Waals surface area (Å²) in [6, 6.07) is 15.8. The van der Waals surface area contributed by atoms with Gasteiger partial charge in [0.25, 0.3) is 0 Å². The van der Waals surface area contributed by atoms with Crippen LogP contribution in [0.2, 0.25) is 5.02 Å². The zero-order chi connectivity index (χ0) is 13.4. The van der Waals surface area contributed by atoms with E-state index in [4.69, 9.17) is 11.6 Å². The van der Waals surface area contributed by atoms with E-state index < -0.39 is 0 Å². The van der Waals surface area contributed by atoms with Crippen LogP contribution in [0.5, 0.6) is 0 Å². The first-order valence-electron chi connectivity index (χ1n) is 5.73. The third-order valence-corrected chi connectivity index (χ3v) is 2.67. The van der Waals surface area contributed by atoms with Crippen molar-refractivity contribution in [3.63, 3.8) is 0 Å². The molecular weight excluding hydrogens is 240 g/mol. The molecule has 0 bridgehead atoms. The first-order valence-corrected chi connectivity index (χ1v) is 6.10. The fourth-order valence-electron chi connectivity index (χ4n) is 1.30. The molecule has 0 amide bonds. The molecule has 0 unspecified atom stereocenters. The van der Waals surface area contributed by atoms with Gasteiger partial charge in [0.15, 0.2) is 0 Å². The maximum atomic E-state index is 5.63. The normalized spacial score (nSPS) is 9.00. The highest BCUT2D eigenvalue weighted by atomic mass is 35.5. The van der Waals surface area contributed by atoms with Crippen LogP contribution in [0.4, 0.5) is 0 Å². The summed E-state index contributed by atoms with van der Waals surface area (Å²) in [5.41, 5.74) is 3.57. The van der Waals surface area contributed by atoms with Crippen molar-refractivity contribution in [3.8, 4) is 0 Å². The minimum Gasteiger partial charge on any atom is -0.0985 e. The molecule has 0 heterocycles. The van der Waals surface area contributed by atoms with Crippen molar-refractivity contribution < 1.29 is 0 Å². The van der Waals surface area contributed by atoms with Gasteiger partial charge in [-0.05, 0) is 30.2 Å². The molecule has 18 heavy (non-hydrogen) atoms. The van der Waals surface area contributed by atoms with Crippen LogP contribution in [0.15, 0.2) is 61.7 Å². The molecule has 0 aliphatic heterocycles. The second-order valence-electron chi connectivity index (χ2n) is 3.87. The smallest absolute Gasteiger partial charge is 0.0406 e. The van der Waals surface area contributed by atoms with Gasteiger partial charge in [0, 0.05) is 5.02 Å². The summed E-state index contributed by atoms with van der Waals surface area (Å²) in [4.78, 5) is 0. The fourth-order valence-corrected chi connectivity index (χ4v) is 1.43. The van der Waals surface area contributed by atoms with Crippen LogP contribution in [0.1, 0.15) is 16.7 Å². The first-order chi connectivity index (χ1) is 8.65. The van der Waals surface area contributed by atoms with Gasteiger partial charge < -0.3 is 0 Å². The van der Waals surface area contributed by atoms with Crippen molar-refractivity contribution >= 4 is 23.8 Å². The monoisotopic (exact) mass is 256 g/mol. The van der Waals surface area contributed by atoms with Crippen molar-refractivity contribution in [1.29, 1.82) is 0 Å². The molecule has 0 aliphatic carbocycles. The molecule has 0 radical (unpaired) electrons. The lowest BCUT2D eigenvalue weighted by atomic mass is 10.2. The van der Waals surface area contributed by atoms with Crippen molar-refractivity contribution in [2.24, 2.45) is 0 Å². The molecule has 0 N–H and O–H groups in total. The van der Waals surface area contributed by atoms with Gasteiger partial charge in [0.05, 0.1) is 0 Å². The van der Waals surface area contributed by atoms with Crippen LogP contribution in [-0.2, 0) is 0 Å². The average Bonchev–Trinajstić information content (AvgIpc) is 2.41. The molecule has 0 aromatic heterocycles. The minimum absolute atomic E-state index is 0.764. The highest BCUT2D eigenvalue weighted by Crippen LogP contribution is 2.09. The van der Waals surface area contributed by atoms with Crippen LogP contribution in [0.3, 0.4) is 0 Å². The number of hydrogen-bond donors (Lipinski definition) is 0. The van der Waals surface area contributed by atoms with E-state index in [2.05, 4.69) is 44.3 Å². The summed E-state index contributed by atoms with van der Waals surface area (Å²) in [6.45, 7) is 9.35. The van der Waals surface area contributed by atoms with E-state index in [-0.39, 0.29) is 0 Å². The molecule has 0 aliphatic rings. The van der Waals surface area contributed by atoms with E-state index in [1.54, 1.807) is 6.08 Å². The lowest BCUT2D eigenvalue weighted by molar-refractivity contribution is 1.46. The number of hydrogen-bond acceptors (Lipinski definition) is 0. The standard InChI is InChI=1S/C9H10.C8H7Cl/c1-3-9-6-4-8(2)5-7-9;1-2-7-3-5-8(9)6-4-7/h3-7H,1H2,2H3;2-6H,1H2. The highest BCUT2D eigenvalue weighted by molar-refractivity contribution is 6.30. The molecule has 0 nitrogen and oxygen atoms in total. The van der Waals surface area contributed by atoms with E-state index in [1.165, 1.54) is 11.1 Å². The molecular formula is C17H17Cl. The van der Waals surface area contributed by atoms with E-state index in [0.717, 1.165) is 10.6 Å². The summed E-state index contributed by atoms with van der Waals surface area (Å²) in [5, 5.41) is 0.764. The van der Waals surface area contributed by atoms with E-state index >= 15 is 0 Å². The third kappa shape index (κ3) is 5.03. The van der Waals surface area contributed by atoms with Gasteiger partial charge in [-0.2, -0.15) is 0 Å². The molecule has 0 saturated carbocycles. The van der Waals surface area contributed by atoms with Crippen LogP contribution in [-0.4, -0.2) is 0 Å². The van der Waals surface area contributed by atoms with E-state index in [9.17, 15) is 0 Å². The molecule has 1 heteroatoms. The summed E-state index contributed by atoms with van der Waals surface area (Å²) in [6.07, 6.45) is 3.63. The van der Waals surface area contributed by atoms with Crippen LogP contribution in [0, 0.1) is 6.92 Å². The van der Waals surface area contributed by atoms with Crippen LogP contribution >= 0.6 is 11.6 Å². The maximum absolute atomic E-state index is 5.63. The van der Waals surface area contributed by atoms with Gasteiger partial charge >= 0.3 is 0 Å². The Labute approximate surface area is 114 Å². The largest absolute Gasteiger partial charge is 0.0985 e. The van der Waals surface area contributed by atoms with Crippen LogP contribution in [0.25, 0.3) is 12.2 Å². The highest BCUT2D eigenvalue weighted by Gasteiger charge is 1.84. The van der Waals surface area contributed by atoms with Crippen molar-refractivity contribution in [1.82, 2.24) is 0 Å². The molecule has 0 saturated heterocycles. The molecule has 92 valence electrons. The molecule has 0 atom stereocenters. The van der Waals surface area contributed by atoms with E-state index in [1.807, 2.05) is 30.3 Å². The zero-order valence-electron chi connectivity index (χ0n) is 10.6. The minimum atomic E-state index is 0.764. The van der Waals surface area contributed by atoms with Gasteiger partial charge in [-0.3, -0.25) is 0 Å². The summed E-state index contributed by atoms with van der Waals surface area (Å²) in [7, 11) is 0. The SMILES string of the molecule is C=Cc1ccc(C)cc1.C=Cc1ccc(Cl)cc1. The van der Waals surface area contributed by atoms with Crippen molar-refractivity contribution in [3.05, 3.63) is 83.4 Å². The number of aryl methyl sites for hydroxylation is 1. The second kappa shape index (κ2) is 7.52. The number of benzene rings is 2. The first kappa shape index (κ1) is 14.3. The van der Waals surface area contributed by atoms with Gasteiger partial charge in [0.1, 0.15) is 0 Å². The van der Waals surface area contributed by atoms with Crippen molar-refractivity contribution in [2.75, 3.05) is 0 Å². The Morgan fingerprint density at radius 2 is 1.17 bits per heavy atom. The summed E-state index contributed by atoms with van der Waals surface area (Å²) < 4.78 is 0. The van der Waals surface area contributed by atoms with Gasteiger partial charge in [0.2, 0.25) is 0 Å². The second-order valence-corrected chi connectivity index (χ2v) is 4.31. The molecule has 2 aromatic rings. The average molecular weight is 257 g/mol. The Hall–Kier alpha value is -1.79. The topological polar surface area (TPSA) is 0 Å². The lowest BCUT2D eigenvalue weighted by Crippen LogP contribution is -1.71. The van der Waals surface area contributed by atoms with Gasteiger partial charge in [-0.25, -0.2) is 0 Å². The Morgan fingerprint density at radius 1 is 0.778 bits per heavy atom. The summed E-state index contributed by atoms with van der Waals surface area (Å²) in [5.74, 6) is 0. The van der Waals surface area contributed by atoms with Gasteiger partial charge in [-0.1, -0.05) is 78.9 Å². The Morgan fingerprint density at radius 3 is 1.56 bits per heavy atom. The third-order valence-electron chi connectivity index (χ3n) is 2.42. The fraction of sp³-hybridized carbons (Fsp3) is 0.0588. The molecule has 2 rings (SSSR count). The molecule has 2 aromatic carbocycles. The number of rotatable bonds is 2.